The molecule has 0 saturated carbocycles. The maximum atomic E-state index is 11.0. The zero-order chi connectivity index (χ0) is 10.4. The van der Waals surface area contributed by atoms with E-state index in [2.05, 4.69) is 10.1 Å². The van der Waals surface area contributed by atoms with Crippen LogP contribution in [-0.4, -0.2) is 36.7 Å². The molecule has 5 heteroatoms. The number of nitrogens with one attached hydrogen (secondary N) is 1. The Labute approximate surface area is 77.1 Å². The highest BCUT2D eigenvalue weighted by Crippen LogP contribution is 1.92. The molecular weight excluding hydrogens is 174 g/mol. The Morgan fingerprint density at radius 1 is 1.46 bits per heavy atom. The van der Waals surface area contributed by atoms with Gasteiger partial charge in [0, 0.05) is 13.0 Å². The molecule has 0 radical (unpaired) electrons. The number of carboxylic acid groups (broad SMARTS) is 1. The second-order valence-electron chi connectivity index (χ2n) is 2.96. The molecule has 0 aromatic carbocycles. The van der Waals surface area contributed by atoms with Crippen LogP contribution in [0.25, 0.3) is 0 Å². The van der Waals surface area contributed by atoms with E-state index in [0.717, 1.165) is 0 Å². The van der Waals surface area contributed by atoms with Crippen molar-refractivity contribution >= 4 is 11.9 Å². The summed E-state index contributed by atoms with van der Waals surface area (Å²) in [6, 6.07) is 0. The van der Waals surface area contributed by atoms with Crippen LogP contribution in [0, 0.1) is 5.92 Å². The van der Waals surface area contributed by atoms with E-state index in [0.29, 0.717) is 0 Å². The van der Waals surface area contributed by atoms with Crippen molar-refractivity contribution < 1.29 is 19.4 Å². The Morgan fingerprint density at radius 3 is 2.31 bits per heavy atom. The third kappa shape index (κ3) is 4.47. The van der Waals surface area contributed by atoms with Crippen LogP contribution in [0.4, 0.5) is 0 Å². The Morgan fingerprint density at radius 2 is 2.00 bits per heavy atom. The zero-order valence-electron chi connectivity index (χ0n) is 8.03. The van der Waals surface area contributed by atoms with Gasteiger partial charge in [0.25, 0.3) is 0 Å². The van der Waals surface area contributed by atoms with Crippen LogP contribution >= 0.6 is 0 Å². The second-order valence-corrected chi connectivity index (χ2v) is 2.96. The first-order valence-corrected chi connectivity index (χ1v) is 4.02. The van der Waals surface area contributed by atoms with Gasteiger partial charge in [0.15, 0.2) is 6.10 Å². The summed E-state index contributed by atoms with van der Waals surface area (Å²) < 4.78 is 4.63. The van der Waals surface area contributed by atoms with E-state index < -0.39 is 12.1 Å². The molecule has 5 nitrogen and oxygen atoms in total. The lowest BCUT2D eigenvalue weighted by molar-refractivity contribution is -0.148. The number of hydrogen-bond donors (Lipinski definition) is 2. The van der Waals surface area contributed by atoms with Crippen molar-refractivity contribution in [2.75, 3.05) is 13.7 Å². The Balaban J connectivity index is 3.85. The van der Waals surface area contributed by atoms with Crippen molar-refractivity contribution in [3.8, 4) is 0 Å². The zero-order valence-corrected chi connectivity index (χ0v) is 8.03. The topological polar surface area (TPSA) is 75.6 Å². The van der Waals surface area contributed by atoms with Gasteiger partial charge >= 0.3 is 5.97 Å². The van der Waals surface area contributed by atoms with Crippen LogP contribution in [0.3, 0.4) is 0 Å². The molecule has 0 rings (SSSR count). The smallest absolute Gasteiger partial charge is 0.334 e. The van der Waals surface area contributed by atoms with E-state index in [1.54, 1.807) is 13.8 Å². The van der Waals surface area contributed by atoms with Crippen molar-refractivity contribution in [2.24, 2.45) is 5.92 Å². The molecule has 0 aliphatic heterocycles. The highest BCUT2D eigenvalue weighted by atomic mass is 16.5. The first kappa shape index (κ1) is 11.9. The average Bonchev–Trinajstić information content (AvgIpc) is 2.04. The molecule has 0 saturated heterocycles. The van der Waals surface area contributed by atoms with E-state index in [-0.39, 0.29) is 18.4 Å². The van der Waals surface area contributed by atoms with Crippen LogP contribution in [0.5, 0.6) is 0 Å². The minimum absolute atomic E-state index is 0.00282. The molecule has 1 atom stereocenters. The molecule has 0 aliphatic rings. The largest absolute Gasteiger partial charge is 0.479 e. The van der Waals surface area contributed by atoms with Gasteiger partial charge in [0.1, 0.15) is 0 Å². The van der Waals surface area contributed by atoms with Gasteiger partial charge in [-0.1, -0.05) is 13.8 Å². The minimum Gasteiger partial charge on any atom is -0.479 e. The average molecular weight is 189 g/mol. The van der Waals surface area contributed by atoms with Gasteiger partial charge in [-0.15, -0.1) is 0 Å². The predicted octanol–water partition coefficient (Wildman–Crippen LogP) is -0.142. The number of aliphatic carboxylic acids is 1. The molecule has 0 aromatic heterocycles. The lowest BCUT2D eigenvalue weighted by Crippen LogP contribution is -2.39. The molecule has 2 N–H and O–H groups in total. The highest BCUT2D eigenvalue weighted by molar-refractivity contribution is 5.79. The van der Waals surface area contributed by atoms with Crippen LogP contribution in [0.1, 0.15) is 13.8 Å². The Bertz CT molecular complexity index is 191. The summed E-state index contributed by atoms with van der Waals surface area (Å²) >= 11 is 0. The fourth-order valence-corrected chi connectivity index (χ4v) is 0.669. The van der Waals surface area contributed by atoms with Crippen LogP contribution in [0.15, 0.2) is 0 Å². The SMILES string of the molecule is COC(CNC(=O)C(C)C)C(=O)O. The number of amides is 1. The second kappa shape index (κ2) is 5.53. The summed E-state index contributed by atoms with van der Waals surface area (Å²) in [5.41, 5.74) is 0. The number of methoxy groups -OCH3 is 1. The number of rotatable bonds is 5. The molecule has 0 heterocycles. The fourth-order valence-electron chi connectivity index (χ4n) is 0.669. The third-order valence-corrected chi connectivity index (χ3v) is 1.55. The maximum absolute atomic E-state index is 11.0. The molecule has 13 heavy (non-hydrogen) atoms. The van der Waals surface area contributed by atoms with Crippen molar-refractivity contribution in [1.82, 2.24) is 5.32 Å². The summed E-state index contributed by atoms with van der Waals surface area (Å²) in [7, 11) is 1.29. The number of carbonyl (C=O) groups is 2. The molecule has 0 bridgehead atoms. The van der Waals surface area contributed by atoms with Crippen molar-refractivity contribution in [2.45, 2.75) is 20.0 Å². The highest BCUT2D eigenvalue weighted by Gasteiger charge is 2.17. The Kier molecular flexibility index (Phi) is 5.06. The summed E-state index contributed by atoms with van der Waals surface area (Å²) in [5, 5.41) is 11.0. The quantitative estimate of drug-likeness (QED) is 0.631. The number of carbonyl (C=O) groups excluding carboxylic acids is 1. The molecule has 0 aliphatic carbocycles. The molecule has 76 valence electrons. The molecular formula is C8H15NO4. The van der Waals surface area contributed by atoms with E-state index in [9.17, 15) is 9.59 Å². The minimum atomic E-state index is -1.08. The van der Waals surface area contributed by atoms with Crippen molar-refractivity contribution in [3.05, 3.63) is 0 Å². The third-order valence-electron chi connectivity index (χ3n) is 1.55. The predicted molar refractivity (Wildman–Crippen MR) is 46.3 cm³/mol. The van der Waals surface area contributed by atoms with Gasteiger partial charge in [-0.05, 0) is 0 Å². The van der Waals surface area contributed by atoms with Crippen molar-refractivity contribution in [1.29, 1.82) is 0 Å². The van der Waals surface area contributed by atoms with Gasteiger partial charge in [-0.25, -0.2) is 4.79 Å². The van der Waals surface area contributed by atoms with Gasteiger partial charge < -0.3 is 15.2 Å². The first-order chi connectivity index (χ1) is 5.99. The summed E-state index contributed by atoms with van der Waals surface area (Å²) in [6.45, 7) is 3.47. The monoisotopic (exact) mass is 189 g/mol. The number of hydrogen-bond acceptors (Lipinski definition) is 3. The van der Waals surface area contributed by atoms with Crippen LogP contribution in [0.2, 0.25) is 0 Å². The van der Waals surface area contributed by atoms with Crippen LogP contribution in [-0.2, 0) is 14.3 Å². The summed E-state index contributed by atoms with van der Waals surface area (Å²) in [4.78, 5) is 21.5. The molecule has 0 fully saturated rings. The molecule has 1 unspecified atom stereocenters. The van der Waals surface area contributed by atoms with Gasteiger partial charge in [0.05, 0.1) is 6.54 Å². The van der Waals surface area contributed by atoms with Crippen LogP contribution < -0.4 is 5.32 Å². The molecule has 0 aromatic rings. The van der Waals surface area contributed by atoms with E-state index in [4.69, 9.17) is 5.11 Å². The maximum Gasteiger partial charge on any atom is 0.334 e. The van der Waals surface area contributed by atoms with E-state index in [1.165, 1.54) is 7.11 Å². The molecule has 1 amide bonds. The lowest BCUT2D eigenvalue weighted by Gasteiger charge is -2.12. The number of carboxylic acids is 1. The normalized spacial score (nSPS) is 12.6. The van der Waals surface area contributed by atoms with E-state index in [1.807, 2.05) is 0 Å². The number of ether oxygens (including phenoxy) is 1. The summed E-state index contributed by atoms with van der Waals surface area (Å²) in [5.74, 6) is -1.40. The molecule has 0 spiro atoms. The first-order valence-electron chi connectivity index (χ1n) is 4.02. The van der Waals surface area contributed by atoms with E-state index >= 15 is 0 Å². The Hall–Kier alpha value is -1.10. The standard InChI is InChI=1S/C8H15NO4/c1-5(2)7(10)9-4-6(13-3)8(11)12/h5-6H,4H2,1-3H3,(H,9,10)(H,11,12). The van der Waals surface area contributed by atoms with Gasteiger partial charge in [-0.2, -0.15) is 0 Å². The van der Waals surface area contributed by atoms with Crippen molar-refractivity contribution in [3.63, 3.8) is 0 Å². The van der Waals surface area contributed by atoms with Gasteiger partial charge in [-0.3, -0.25) is 4.79 Å². The fraction of sp³-hybridized carbons (Fsp3) is 0.750. The van der Waals surface area contributed by atoms with Gasteiger partial charge in [0.2, 0.25) is 5.91 Å². The lowest BCUT2D eigenvalue weighted by atomic mass is 10.2. The summed E-state index contributed by atoms with van der Waals surface area (Å²) in [6.07, 6.45) is -0.970.